The fraction of sp³-hybridized carbons (Fsp3) is 1.00. The van der Waals surface area contributed by atoms with E-state index < -0.39 is 0 Å². The van der Waals surface area contributed by atoms with Crippen LogP contribution in [0.15, 0.2) is 0 Å². The zero-order chi connectivity index (χ0) is 19.6. The lowest BCUT2D eigenvalue weighted by atomic mass is 9.95. The van der Waals surface area contributed by atoms with E-state index in [9.17, 15) is 0 Å². The summed E-state index contributed by atoms with van der Waals surface area (Å²) >= 11 is 0. The van der Waals surface area contributed by atoms with Crippen LogP contribution in [0.25, 0.3) is 0 Å². The quantitative estimate of drug-likeness (QED) is 0.469. The summed E-state index contributed by atoms with van der Waals surface area (Å²) in [5, 5.41) is 11.8. The number of rotatable bonds is 10. The van der Waals surface area contributed by atoms with E-state index >= 15 is 0 Å². The van der Waals surface area contributed by atoms with Crippen molar-refractivity contribution in [3.8, 4) is 0 Å². The minimum Gasteiger partial charge on any atom is -0.313 e. The Kier molecular flexibility index (Phi) is 10.1. The largest absolute Gasteiger partial charge is 0.313 e. The van der Waals surface area contributed by atoms with Gasteiger partial charge in [-0.05, 0) is 52.4 Å². The number of nitrogens with zero attached hydrogens (tertiary/aromatic N) is 1. The van der Waals surface area contributed by atoms with Crippen LogP contribution in [-0.2, 0) is 0 Å². The number of hydrogen-bond acceptors (Lipinski definition) is 4. The van der Waals surface area contributed by atoms with Crippen molar-refractivity contribution in [2.75, 3.05) is 13.1 Å². The van der Waals surface area contributed by atoms with E-state index in [0.717, 1.165) is 31.2 Å². The first-order valence-corrected chi connectivity index (χ1v) is 12.7. The average molecular weight is 393 g/mol. The molecular weight excluding hydrogens is 344 g/mol. The van der Waals surface area contributed by atoms with Gasteiger partial charge >= 0.3 is 0 Å². The van der Waals surface area contributed by atoms with Crippen LogP contribution in [0.3, 0.4) is 0 Å². The zero-order valence-electron chi connectivity index (χ0n) is 18.9. The van der Waals surface area contributed by atoms with Gasteiger partial charge in [0.1, 0.15) is 0 Å². The monoisotopic (exact) mass is 392 g/mol. The van der Waals surface area contributed by atoms with Crippen LogP contribution in [0, 0.1) is 0 Å². The van der Waals surface area contributed by atoms with Gasteiger partial charge < -0.3 is 5.32 Å². The summed E-state index contributed by atoms with van der Waals surface area (Å²) in [7, 11) is 0. The van der Waals surface area contributed by atoms with Crippen LogP contribution in [-0.4, -0.2) is 48.4 Å². The van der Waals surface area contributed by atoms with Crippen LogP contribution in [0.5, 0.6) is 0 Å². The smallest absolute Gasteiger partial charge is 0.0584 e. The third-order valence-electron chi connectivity index (χ3n) is 7.57. The van der Waals surface area contributed by atoms with Crippen molar-refractivity contribution in [3.63, 3.8) is 0 Å². The first-order valence-electron chi connectivity index (χ1n) is 12.7. The summed E-state index contributed by atoms with van der Waals surface area (Å²) < 4.78 is 0. The first kappa shape index (κ1) is 22.5. The lowest BCUT2D eigenvalue weighted by Gasteiger charge is -2.40. The van der Waals surface area contributed by atoms with E-state index in [2.05, 4.69) is 34.7 Å². The predicted octanol–water partition coefficient (Wildman–Crippen LogP) is 4.75. The third-order valence-corrected chi connectivity index (χ3v) is 7.57. The minimum atomic E-state index is 0.447. The van der Waals surface area contributed by atoms with Crippen molar-refractivity contribution in [3.05, 3.63) is 0 Å². The summed E-state index contributed by atoms with van der Waals surface area (Å²) in [5.41, 5.74) is 0. The van der Waals surface area contributed by atoms with Gasteiger partial charge in [-0.1, -0.05) is 57.8 Å². The fourth-order valence-electron chi connectivity index (χ4n) is 5.84. The van der Waals surface area contributed by atoms with Gasteiger partial charge in [-0.2, -0.15) is 0 Å². The maximum absolute atomic E-state index is 3.98. The van der Waals surface area contributed by atoms with Crippen molar-refractivity contribution < 1.29 is 0 Å². The topological polar surface area (TPSA) is 39.3 Å². The highest BCUT2D eigenvalue weighted by Crippen LogP contribution is 2.21. The van der Waals surface area contributed by atoms with Crippen LogP contribution in [0.2, 0.25) is 0 Å². The van der Waals surface area contributed by atoms with E-state index in [1.54, 1.807) is 0 Å². The fourth-order valence-corrected chi connectivity index (χ4v) is 5.84. The van der Waals surface area contributed by atoms with Gasteiger partial charge in [0, 0.05) is 31.2 Å². The Balaban J connectivity index is 1.50. The van der Waals surface area contributed by atoms with E-state index in [-0.39, 0.29) is 0 Å². The van der Waals surface area contributed by atoms with Crippen molar-refractivity contribution in [1.29, 1.82) is 0 Å². The molecule has 0 heterocycles. The molecule has 0 radical (unpaired) electrons. The van der Waals surface area contributed by atoms with Gasteiger partial charge in [0.05, 0.1) is 12.3 Å². The van der Waals surface area contributed by atoms with Crippen LogP contribution in [0.4, 0.5) is 0 Å². The lowest BCUT2D eigenvalue weighted by molar-refractivity contribution is 0.0825. The normalized spacial score (nSPS) is 25.8. The van der Waals surface area contributed by atoms with Crippen molar-refractivity contribution >= 4 is 0 Å². The lowest BCUT2D eigenvalue weighted by Crippen LogP contribution is -2.58. The molecular formula is C24H48N4. The number of hydrogen-bond donors (Lipinski definition) is 3. The SMILES string of the molecule is CC(NC1CCCCC1)N(CCNC1CCCCC1)C(C)NC1CCCCC1. The molecule has 2 unspecified atom stereocenters. The second-order valence-electron chi connectivity index (χ2n) is 9.88. The second-order valence-corrected chi connectivity index (χ2v) is 9.88. The highest BCUT2D eigenvalue weighted by Gasteiger charge is 2.26. The van der Waals surface area contributed by atoms with Gasteiger partial charge in [0.2, 0.25) is 0 Å². The molecule has 0 saturated heterocycles. The van der Waals surface area contributed by atoms with Crippen molar-refractivity contribution in [2.24, 2.45) is 0 Å². The molecule has 0 aromatic carbocycles. The molecule has 0 amide bonds. The molecule has 0 aromatic rings. The van der Waals surface area contributed by atoms with Gasteiger partial charge in [0.25, 0.3) is 0 Å². The Hall–Kier alpha value is -0.160. The summed E-state index contributed by atoms with van der Waals surface area (Å²) in [4.78, 5) is 2.69. The van der Waals surface area contributed by atoms with Crippen LogP contribution in [0.1, 0.15) is 110 Å². The Morgan fingerprint density at radius 2 is 1.00 bits per heavy atom. The molecule has 28 heavy (non-hydrogen) atoms. The minimum absolute atomic E-state index is 0.447. The second kappa shape index (κ2) is 12.5. The molecule has 3 aliphatic carbocycles. The molecule has 0 aromatic heterocycles. The average Bonchev–Trinajstić information content (AvgIpc) is 2.73. The molecule has 0 bridgehead atoms. The zero-order valence-corrected chi connectivity index (χ0v) is 18.9. The molecule has 0 aliphatic heterocycles. The molecule has 3 fully saturated rings. The molecule has 3 saturated carbocycles. The van der Waals surface area contributed by atoms with Gasteiger partial charge in [-0.3, -0.25) is 15.5 Å². The molecule has 3 rings (SSSR count). The van der Waals surface area contributed by atoms with Crippen LogP contribution >= 0.6 is 0 Å². The Bertz CT molecular complexity index is 371. The van der Waals surface area contributed by atoms with E-state index in [1.807, 2.05) is 0 Å². The highest BCUT2D eigenvalue weighted by molar-refractivity contribution is 4.82. The van der Waals surface area contributed by atoms with Crippen molar-refractivity contribution in [2.45, 2.75) is 141 Å². The van der Waals surface area contributed by atoms with Gasteiger partial charge in [-0.25, -0.2) is 0 Å². The molecule has 164 valence electrons. The maximum atomic E-state index is 3.98. The van der Waals surface area contributed by atoms with E-state index in [4.69, 9.17) is 0 Å². The van der Waals surface area contributed by atoms with Gasteiger partial charge in [-0.15, -0.1) is 0 Å². The maximum Gasteiger partial charge on any atom is 0.0584 e. The van der Waals surface area contributed by atoms with Crippen LogP contribution < -0.4 is 16.0 Å². The molecule has 3 N–H and O–H groups in total. The Morgan fingerprint density at radius 3 is 1.43 bits per heavy atom. The summed E-state index contributed by atoms with van der Waals surface area (Å²) in [6.45, 7) is 7.05. The molecule has 0 spiro atoms. The molecule has 4 heteroatoms. The van der Waals surface area contributed by atoms with Crippen molar-refractivity contribution in [1.82, 2.24) is 20.9 Å². The highest BCUT2D eigenvalue weighted by atomic mass is 15.4. The Labute approximate surface area is 175 Å². The molecule has 4 nitrogen and oxygen atoms in total. The van der Waals surface area contributed by atoms with E-state index in [1.165, 1.54) is 96.3 Å². The molecule has 3 aliphatic rings. The Morgan fingerprint density at radius 1 is 0.607 bits per heavy atom. The summed E-state index contributed by atoms with van der Waals surface area (Å²) in [6, 6.07) is 2.21. The van der Waals surface area contributed by atoms with E-state index in [0.29, 0.717) is 12.3 Å². The summed E-state index contributed by atoms with van der Waals surface area (Å²) in [5.74, 6) is 0. The predicted molar refractivity (Wildman–Crippen MR) is 121 cm³/mol. The molecule has 2 atom stereocenters. The first-order chi connectivity index (χ1) is 13.7. The van der Waals surface area contributed by atoms with Gasteiger partial charge in [0.15, 0.2) is 0 Å². The number of nitrogens with one attached hydrogen (secondary N) is 3. The third kappa shape index (κ3) is 7.59. The standard InChI is InChI=1S/C24H48N4/c1-20(26-23-14-8-4-9-15-23)28(19-18-25-22-12-6-3-7-13-22)21(2)27-24-16-10-5-11-17-24/h20-27H,3-19H2,1-2H3. The summed E-state index contributed by atoms with van der Waals surface area (Å²) in [6.07, 6.45) is 21.9.